The van der Waals surface area contributed by atoms with Crippen LogP contribution in [0.25, 0.3) is 21.8 Å². The summed E-state index contributed by atoms with van der Waals surface area (Å²) in [5.74, 6) is 0.267. The summed E-state index contributed by atoms with van der Waals surface area (Å²) >= 11 is 6.94. The Morgan fingerprint density at radius 2 is 1.49 bits per heavy atom. The van der Waals surface area contributed by atoms with Crippen molar-refractivity contribution in [3.8, 4) is 0 Å². The quantitative estimate of drug-likeness (QED) is 0.151. The van der Waals surface area contributed by atoms with E-state index in [0.29, 0.717) is 10.9 Å². The number of carbonyl (C=O) groups excluding carboxylic acids is 1. The van der Waals surface area contributed by atoms with Crippen LogP contribution in [0.3, 0.4) is 0 Å². The van der Waals surface area contributed by atoms with E-state index >= 15 is 0 Å². The molecule has 0 saturated heterocycles. The molecule has 0 atom stereocenters. The Kier molecular flexibility index (Phi) is 7.44. The first kappa shape index (κ1) is 24.9. The number of para-hydroxylation sites is 1. The van der Waals surface area contributed by atoms with Gasteiger partial charge in [0.15, 0.2) is 5.11 Å². The van der Waals surface area contributed by atoms with E-state index in [2.05, 4.69) is 70.8 Å². The largest absolute Gasteiger partial charge is 0.341 e. The van der Waals surface area contributed by atoms with Gasteiger partial charge in [-0.15, -0.1) is 11.8 Å². The fraction of sp³-hybridized carbons (Fsp3) is 0.133. The zero-order valence-electron chi connectivity index (χ0n) is 20.7. The van der Waals surface area contributed by atoms with Crippen molar-refractivity contribution in [2.75, 3.05) is 21.7 Å². The van der Waals surface area contributed by atoms with Crippen molar-refractivity contribution in [2.24, 2.45) is 0 Å². The van der Waals surface area contributed by atoms with Gasteiger partial charge in [-0.05, 0) is 80.7 Å². The first-order valence-electron chi connectivity index (χ1n) is 12.2. The second-order valence-electron chi connectivity index (χ2n) is 8.80. The van der Waals surface area contributed by atoms with E-state index in [1.165, 1.54) is 33.7 Å². The molecule has 0 spiro atoms. The number of benzene rings is 4. The zero-order valence-corrected chi connectivity index (χ0v) is 22.4. The molecule has 5 aromatic rings. The summed E-state index contributed by atoms with van der Waals surface area (Å²) in [7, 11) is 0. The Balaban J connectivity index is 1.20. The van der Waals surface area contributed by atoms with Gasteiger partial charge in [0.05, 0.1) is 5.75 Å². The van der Waals surface area contributed by atoms with Gasteiger partial charge < -0.3 is 20.5 Å². The van der Waals surface area contributed by atoms with Gasteiger partial charge in [0, 0.05) is 50.3 Å². The van der Waals surface area contributed by atoms with Crippen molar-refractivity contribution in [3.05, 3.63) is 96.6 Å². The lowest BCUT2D eigenvalue weighted by Gasteiger charge is -2.12. The number of hydrogen-bond donors (Lipinski definition) is 3. The molecule has 3 N–H and O–H groups in total. The van der Waals surface area contributed by atoms with E-state index in [1.807, 2.05) is 54.6 Å². The lowest BCUT2D eigenvalue weighted by molar-refractivity contribution is -0.113. The minimum Gasteiger partial charge on any atom is -0.341 e. The van der Waals surface area contributed by atoms with Crippen molar-refractivity contribution in [1.29, 1.82) is 0 Å². The Bertz CT molecular complexity index is 1590. The maximum atomic E-state index is 12.8. The molecule has 5 nitrogen and oxygen atoms in total. The highest BCUT2D eigenvalue weighted by Gasteiger charge is 2.11. The first-order chi connectivity index (χ1) is 18.0. The van der Waals surface area contributed by atoms with Crippen molar-refractivity contribution < 1.29 is 4.79 Å². The molecular formula is C30H28N4OS2. The predicted octanol–water partition coefficient (Wildman–Crippen LogP) is 7.66. The van der Waals surface area contributed by atoms with Crippen LogP contribution in [0.1, 0.15) is 12.5 Å². The fourth-order valence-corrected chi connectivity index (χ4v) is 5.40. The molecule has 0 saturated carbocycles. The smallest absolute Gasteiger partial charge is 0.234 e. The summed E-state index contributed by atoms with van der Waals surface area (Å²) < 4.78 is 2.30. The van der Waals surface area contributed by atoms with Gasteiger partial charge in [-0.25, -0.2) is 0 Å². The van der Waals surface area contributed by atoms with E-state index < -0.39 is 0 Å². The zero-order chi connectivity index (χ0) is 25.8. The summed E-state index contributed by atoms with van der Waals surface area (Å²) in [4.78, 5) is 13.7. The van der Waals surface area contributed by atoms with Crippen LogP contribution in [-0.4, -0.2) is 21.3 Å². The number of amides is 1. The fourth-order valence-electron chi connectivity index (χ4n) is 4.41. The van der Waals surface area contributed by atoms with Crippen molar-refractivity contribution >= 4 is 73.9 Å². The second kappa shape index (κ2) is 11.1. The van der Waals surface area contributed by atoms with Crippen LogP contribution in [0.4, 0.5) is 17.1 Å². The third-order valence-electron chi connectivity index (χ3n) is 6.14. The Labute approximate surface area is 226 Å². The van der Waals surface area contributed by atoms with E-state index in [1.54, 1.807) is 0 Å². The van der Waals surface area contributed by atoms with Gasteiger partial charge >= 0.3 is 0 Å². The number of fused-ring (bicyclic) bond motifs is 3. The molecule has 0 aliphatic carbocycles. The number of thioether (sulfide) groups is 1. The van der Waals surface area contributed by atoms with E-state index in [0.717, 1.165) is 33.9 Å². The highest BCUT2D eigenvalue weighted by atomic mass is 32.2. The number of rotatable bonds is 7. The molecule has 1 aromatic heterocycles. The normalized spacial score (nSPS) is 11.0. The van der Waals surface area contributed by atoms with Crippen LogP contribution in [0.15, 0.2) is 95.9 Å². The third kappa shape index (κ3) is 5.79. The molecule has 186 valence electrons. The maximum absolute atomic E-state index is 12.8. The lowest BCUT2D eigenvalue weighted by atomic mass is 10.1. The number of aryl methyl sites for hydroxylation is 2. The average Bonchev–Trinajstić information content (AvgIpc) is 3.22. The predicted molar refractivity (Wildman–Crippen MR) is 162 cm³/mol. The van der Waals surface area contributed by atoms with Crippen LogP contribution in [0.2, 0.25) is 0 Å². The molecule has 0 radical (unpaired) electrons. The molecule has 5 rings (SSSR count). The van der Waals surface area contributed by atoms with Gasteiger partial charge in [0.25, 0.3) is 0 Å². The molecule has 1 amide bonds. The molecule has 0 bridgehead atoms. The lowest BCUT2D eigenvalue weighted by Crippen LogP contribution is -2.19. The van der Waals surface area contributed by atoms with Crippen LogP contribution in [0.5, 0.6) is 0 Å². The number of nitrogens with zero attached hydrogens (tertiary/aromatic N) is 1. The van der Waals surface area contributed by atoms with Crippen LogP contribution in [0, 0.1) is 6.92 Å². The average molecular weight is 525 g/mol. The summed E-state index contributed by atoms with van der Waals surface area (Å²) in [5, 5.41) is 12.3. The van der Waals surface area contributed by atoms with E-state index in [9.17, 15) is 4.79 Å². The summed E-state index contributed by atoms with van der Waals surface area (Å²) in [6.07, 6.45) is 0. The second-order valence-corrected chi connectivity index (χ2v) is 10.3. The highest BCUT2D eigenvalue weighted by molar-refractivity contribution is 8.00. The summed E-state index contributed by atoms with van der Waals surface area (Å²) in [6, 6.07) is 30.5. The van der Waals surface area contributed by atoms with Crippen molar-refractivity contribution in [2.45, 2.75) is 25.3 Å². The molecule has 1 heterocycles. The van der Waals surface area contributed by atoms with Crippen molar-refractivity contribution in [1.82, 2.24) is 4.57 Å². The van der Waals surface area contributed by atoms with E-state index in [-0.39, 0.29) is 5.91 Å². The number of carbonyl (C=O) groups is 1. The highest BCUT2D eigenvalue weighted by Crippen LogP contribution is 2.31. The summed E-state index contributed by atoms with van der Waals surface area (Å²) in [5.41, 5.74) is 6.19. The SMILES string of the molecule is CCn1c2ccccc2c2cc(NC(=O)CSc3cccc(NC(=S)Nc4ccc(C)cc4)c3)ccc21. The molecular weight excluding hydrogens is 496 g/mol. The Hall–Kier alpha value is -3.81. The molecule has 0 unspecified atom stereocenters. The molecule has 4 aromatic carbocycles. The van der Waals surface area contributed by atoms with Crippen LogP contribution >= 0.6 is 24.0 Å². The minimum absolute atomic E-state index is 0.0431. The third-order valence-corrected chi connectivity index (χ3v) is 7.34. The number of aromatic nitrogens is 1. The van der Waals surface area contributed by atoms with Gasteiger partial charge in [-0.1, -0.05) is 42.0 Å². The summed E-state index contributed by atoms with van der Waals surface area (Å²) in [6.45, 7) is 5.10. The molecule has 37 heavy (non-hydrogen) atoms. The first-order valence-corrected chi connectivity index (χ1v) is 13.6. The molecule has 0 fully saturated rings. The Morgan fingerprint density at radius 3 is 2.30 bits per heavy atom. The molecule has 0 aliphatic rings. The molecule has 7 heteroatoms. The number of hydrogen-bond acceptors (Lipinski definition) is 3. The van der Waals surface area contributed by atoms with Gasteiger partial charge in [-0.3, -0.25) is 4.79 Å². The van der Waals surface area contributed by atoms with Crippen LogP contribution in [-0.2, 0) is 11.3 Å². The Morgan fingerprint density at radius 1 is 0.784 bits per heavy atom. The van der Waals surface area contributed by atoms with Crippen LogP contribution < -0.4 is 16.0 Å². The van der Waals surface area contributed by atoms with Gasteiger partial charge in [0.2, 0.25) is 5.91 Å². The number of anilines is 3. The standard InChI is InChI=1S/C30H28N4OS2/c1-3-34-27-10-5-4-9-25(27)26-18-23(15-16-28(26)34)31-29(35)19-37-24-8-6-7-22(17-24)33-30(36)32-21-13-11-20(2)12-14-21/h4-18H,3,19H2,1-2H3,(H,31,35)(H2,32,33,36). The van der Waals surface area contributed by atoms with E-state index in [4.69, 9.17) is 12.2 Å². The maximum Gasteiger partial charge on any atom is 0.234 e. The number of thiocarbonyl (C=S) groups is 1. The molecule has 0 aliphatic heterocycles. The topological polar surface area (TPSA) is 58.1 Å². The minimum atomic E-state index is -0.0431. The number of nitrogens with one attached hydrogen (secondary N) is 3. The monoisotopic (exact) mass is 524 g/mol. The van der Waals surface area contributed by atoms with Gasteiger partial charge in [0.1, 0.15) is 0 Å². The van der Waals surface area contributed by atoms with Crippen molar-refractivity contribution in [3.63, 3.8) is 0 Å². The van der Waals surface area contributed by atoms with Gasteiger partial charge in [-0.2, -0.15) is 0 Å².